The van der Waals surface area contributed by atoms with Crippen molar-refractivity contribution in [2.24, 2.45) is 10.9 Å². The fraction of sp³-hybridized carbons (Fsp3) is 0.450. The molecule has 0 atom stereocenters. The van der Waals surface area contributed by atoms with Crippen LogP contribution in [-0.4, -0.2) is 47.8 Å². The van der Waals surface area contributed by atoms with Gasteiger partial charge in [0, 0.05) is 38.3 Å². The molecule has 0 aliphatic heterocycles. The Balaban J connectivity index is 0.00000280. The largest absolute Gasteiger partial charge is 0.357 e. The van der Waals surface area contributed by atoms with Crippen LogP contribution in [0.1, 0.15) is 25.3 Å². The van der Waals surface area contributed by atoms with Gasteiger partial charge in [-0.1, -0.05) is 18.2 Å². The van der Waals surface area contributed by atoms with Crippen molar-refractivity contribution in [2.75, 3.05) is 26.2 Å². The lowest BCUT2D eigenvalue weighted by Gasteiger charge is -2.11. The SMILES string of the molecule is CCNC(=NCCc1cnn(-c2ccccc2)c1)NCCNC(=O)C1CC1.I. The first-order valence-corrected chi connectivity index (χ1v) is 9.65. The number of para-hydroxylation sites is 1. The number of guanidine groups is 1. The van der Waals surface area contributed by atoms with E-state index in [0.717, 1.165) is 43.0 Å². The van der Waals surface area contributed by atoms with E-state index < -0.39 is 0 Å². The third kappa shape index (κ3) is 7.14. The van der Waals surface area contributed by atoms with Gasteiger partial charge in [0.25, 0.3) is 0 Å². The average molecular weight is 496 g/mol. The van der Waals surface area contributed by atoms with Crippen molar-refractivity contribution < 1.29 is 4.79 Å². The summed E-state index contributed by atoms with van der Waals surface area (Å²) in [5.41, 5.74) is 2.20. The Morgan fingerprint density at radius 3 is 2.64 bits per heavy atom. The number of aromatic nitrogens is 2. The number of amides is 1. The molecule has 0 bridgehead atoms. The molecule has 1 saturated carbocycles. The van der Waals surface area contributed by atoms with Gasteiger partial charge in [-0.3, -0.25) is 9.79 Å². The zero-order chi connectivity index (χ0) is 18.9. The first kappa shape index (κ1) is 22.2. The number of carbonyl (C=O) groups is 1. The van der Waals surface area contributed by atoms with Gasteiger partial charge in [-0.15, -0.1) is 24.0 Å². The van der Waals surface area contributed by atoms with E-state index in [1.54, 1.807) is 0 Å². The van der Waals surface area contributed by atoms with Gasteiger partial charge in [-0.2, -0.15) is 5.10 Å². The highest BCUT2D eigenvalue weighted by molar-refractivity contribution is 14.0. The monoisotopic (exact) mass is 496 g/mol. The number of aliphatic imine (C=N–C) groups is 1. The van der Waals surface area contributed by atoms with Crippen LogP contribution in [0, 0.1) is 5.92 Å². The lowest BCUT2D eigenvalue weighted by Crippen LogP contribution is -2.41. The van der Waals surface area contributed by atoms with Crippen LogP contribution in [0.2, 0.25) is 0 Å². The van der Waals surface area contributed by atoms with Gasteiger partial charge in [0.1, 0.15) is 0 Å². The molecule has 7 nitrogen and oxygen atoms in total. The van der Waals surface area contributed by atoms with Crippen LogP contribution in [0.5, 0.6) is 0 Å². The first-order valence-electron chi connectivity index (χ1n) is 9.65. The van der Waals surface area contributed by atoms with Crippen LogP contribution in [-0.2, 0) is 11.2 Å². The summed E-state index contributed by atoms with van der Waals surface area (Å²) in [5.74, 6) is 1.20. The second kappa shape index (κ2) is 11.7. The molecule has 152 valence electrons. The van der Waals surface area contributed by atoms with Gasteiger partial charge >= 0.3 is 0 Å². The lowest BCUT2D eigenvalue weighted by atomic mass is 10.2. The molecule has 0 spiro atoms. The predicted molar refractivity (Wildman–Crippen MR) is 122 cm³/mol. The fourth-order valence-corrected chi connectivity index (χ4v) is 2.71. The molecule has 1 aromatic carbocycles. The molecule has 1 aliphatic carbocycles. The maximum absolute atomic E-state index is 11.6. The van der Waals surface area contributed by atoms with Crippen molar-refractivity contribution in [3.8, 4) is 5.69 Å². The number of halogens is 1. The first-order chi connectivity index (χ1) is 13.3. The summed E-state index contributed by atoms with van der Waals surface area (Å²) in [6, 6.07) is 10.1. The summed E-state index contributed by atoms with van der Waals surface area (Å²) in [6.07, 6.45) is 6.81. The molecular weight excluding hydrogens is 467 g/mol. The fourth-order valence-electron chi connectivity index (χ4n) is 2.71. The maximum Gasteiger partial charge on any atom is 0.223 e. The summed E-state index contributed by atoms with van der Waals surface area (Å²) >= 11 is 0. The van der Waals surface area contributed by atoms with Crippen molar-refractivity contribution in [1.82, 2.24) is 25.7 Å². The van der Waals surface area contributed by atoms with Gasteiger partial charge in [0.05, 0.1) is 11.9 Å². The smallest absolute Gasteiger partial charge is 0.223 e. The normalized spacial score (nSPS) is 13.5. The Kier molecular flexibility index (Phi) is 9.26. The molecule has 1 amide bonds. The summed E-state index contributed by atoms with van der Waals surface area (Å²) in [4.78, 5) is 16.2. The third-order valence-corrected chi connectivity index (χ3v) is 4.34. The van der Waals surface area contributed by atoms with Crippen molar-refractivity contribution in [1.29, 1.82) is 0 Å². The molecule has 1 aliphatic rings. The van der Waals surface area contributed by atoms with E-state index in [-0.39, 0.29) is 35.8 Å². The Hall–Kier alpha value is -2.10. The highest BCUT2D eigenvalue weighted by Crippen LogP contribution is 2.28. The molecule has 0 unspecified atom stereocenters. The summed E-state index contributed by atoms with van der Waals surface area (Å²) in [5, 5.41) is 13.8. The topological polar surface area (TPSA) is 83.3 Å². The van der Waals surface area contributed by atoms with Crippen molar-refractivity contribution in [3.05, 3.63) is 48.3 Å². The maximum atomic E-state index is 11.6. The van der Waals surface area contributed by atoms with Gasteiger partial charge in [0.2, 0.25) is 5.91 Å². The minimum absolute atomic E-state index is 0. The molecule has 2 aromatic rings. The van der Waals surface area contributed by atoms with E-state index in [1.165, 1.54) is 0 Å². The average Bonchev–Trinajstić information content (AvgIpc) is 3.44. The number of nitrogens with one attached hydrogen (secondary N) is 3. The third-order valence-electron chi connectivity index (χ3n) is 4.34. The van der Waals surface area contributed by atoms with Crippen LogP contribution in [0.4, 0.5) is 0 Å². The predicted octanol–water partition coefficient (Wildman–Crippen LogP) is 2.11. The van der Waals surface area contributed by atoms with Crippen LogP contribution in [0.3, 0.4) is 0 Å². The molecule has 28 heavy (non-hydrogen) atoms. The molecule has 1 aromatic heterocycles. The van der Waals surface area contributed by atoms with E-state index in [0.29, 0.717) is 19.6 Å². The van der Waals surface area contributed by atoms with E-state index in [9.17, 15) is 4.79 Å². The number of hydrogen-bond acceptors (Lipinski definition) is 3. The minimum atomic E-state index is 0. The highest BCUT2D eigenvalue weighted by Gasteiger charge is 2.28. The Labute approximate surface area is 183 Å². The molecule has 0 radical (unpaired) electrons. The Morgan fingerprint density at radius 1 is 1.18 bits per heavy atom. The second-order valence-electron chi connectivity index (χ2n) is 6.63. The Morgan fingerprint density at radius 2 is 1.93 bits per heavy atom. The van der Waals surface area contributed by atoms with Crippen molar-refractivity contribution in [2.45, 2.75) is 26.2 Å². The number of carbonyl (C=O) groups excluding carboxylic acids is 1. The van der Waals surface area contributed by atoms with Crippen LogP contribution >= 0.6 is 24.0 Å². The van der Waals surface area contributed by atoms with Crippen LogP contribution in [0.25, 0.3) is 5.69 Å². The number of rotatable bonds is 9. The zero-order valence-electron chi connectivity index (χ0n) is 16.2. The number of hydrogen-bond donors (Lipinski definition) is 3. The van der Waals surface area contributed by atoms with E-state index in [4.69, 9.17) is 0 Å². The molecule has 3 N–H and O–H groups in total. The molecule has 1 heterocycles. The lowest BCUT2D eigenvalue weighted by molar-refractivity contribution is -0.122. The molecule has 3 rings (SSSR count). The van der Waals surface area contributed by atoms with Gasteiger partial charge in [-0.25, -0.2) is 4.68 Å². The van der Waals surface area contributed by atoms with Crippen molar-refractivity contribution >= 4 is 35.8 Å². The summed E-state index contributed by atoms with van der Waals surface area (Å²) in [7, 11) is 0. The molecule has 8 heteroatoms. The second-order valence-corrected chi connectivity index (χ2v) is 6.63. The number of nitrogens with zero attached hydrogens (tertiary/aromatic N) is 3. The van der Waals surface area contributed by atoms with Gasteiger partial charge in [0.15, 0.2) is 5.96 Å². The summed E-state index contributed by atoms with van der Waals surface area (Å²) in [6.45, 7) is 4.78. The molecule has 0 saturated heterocycles. The quantitative estimate of drug-likeness (QED) is 0.215. The van der Waals surface area contributed by atoms with Gasteiger partial charge < -0.3 is 16.0 Å². The van der Waals surface area contributed by atoms with E-state index >= 15 is 0 Å². The van der Waals surface area contributed by atoms with Crippen molar-refractivity contribution in [3.63, 3.8) is 0 Å². The summed E-state index contributed by atoms with van der Waals surface area (Å²) < 4.78 is 1.88. The van der Waals surface area contributed by atoms with E-state index in [1.807, 2.05) is 54.3 Å². The van der Waals surface area contributed by atoms with Gasteiger partial charge in [-0.05, 0) is 43.9 Å². The van der Waals surface area contributed by atoms with E-state index in [2.05, 4.69) is 26.0 Å². The number of benzene rings is 1. The van der Waals surface area contributed by atoms with Crippen LogP contribution in [0.15, 0.2) is 47.7 Å². The zero-order valence-corrected chi connectivity index (χ0v) is 18.6. The molecular formula is C20H29IN6O. The standard InChI is InChI=1S/C20H28N6O.HI/c1-2-21-20(24-13-12-22-19(27)17-8-9-17)23-11-10-16-14-25-26(15-16)18-6-4-3-5-7-18;/h3-7,14-15,17H,2,8-13H2,1H3,(H,22,27)(H2,21,23,24);1H. The Bertz CT molecular complexity index is 757. The van der Waals surface area contributed by atoms with Crippen LogP contribution < -0.4 is 16.0 Å². The minimum Gasteiger partial charge on any atom is -0.357 e. The highest BCUT2D eigenvalue weighted by atomic mass is 127. The molecule has 1 fully saturated rings.